The fourth-order valence-electron chi connectivity index (χ4n) is 5.93. The van der Waals surface area contributed by atoms with Crippen molar-refractivity contribution in [3.8, 4) is 0 Å². The Morgan fingerprint density at radius 1 is 0.523 bits per heavy atom. The summed E-state index contributed by atoms with van der Waals surface area (Å²) >= 11 is 10.7. The third-order valence-electron chi connectivity index (χ3n) is 8.68. The summed E-state index contributed by atoms with van der Waals surface area (Å²) in [5.41, 5.74) is 2.42. The van der Waals surface area contributed by atoms with Gasteiger partial charge >= 0.3 is 0 Å². The van der Waals surface area contributed by atoms with Crippen molar-refractivity contribution >= 4 is 60.3 Å². The van der Waals surface area contributed by atoms with Gasteiger partial charge in [-0.3, -0.25) is 4.79 Å². The van der Waals surface area contributed by atoms with Gasteiger partial charge in [-0.2, -0.15) is 0 Å². The molecule has 2 heterocycles. The molecule has 0 unspecified atom stereocenters. The van der Waals surface area contributed by atoms with Gasteiger partial charge in [0.25, 0.3) is 0 Å². The van der Waals surface area contributed by atoms with E-state index < -0.39 is 0 Å². The molecule has 0 amide bonds. The highest BCUT2D eigenvalue weighted by molar-refractivity contribution is 9.11. The quantitative estimate of drug-likeness (QED) is 0.0635. The number of nitrogens with zero attached hydrogens (tertiary/aromatic N) is 2. The molecular weight excluding hydrogens is 712 g/mol. The lowest BCUT2D eigenvalue weighted by Crippen LogP contribution is -2.29. The molecule has 0 aliphatic carbocycles. The number of halogens is 2. The fraction of sp³-hybridized carbons (Fsp3) is 0.757. The van der Waals surface area contributed by atoms with Gasteiger partial charge in [0.05, 0.1) is 17.3 Å². The van der Waals surface area contributed by atoms with Gasteiger partial charge in [-0.1, -0.05) is 105 Å². The number of unbranched alkanes of at least 4 members (excludes halogenated alkanes) is 12. The summed E-state index contributed by atoms with van der Waals surface area (Å²) in [6.45, 7) is 15.9. The second-order valence-corrected chi connectivity index (χ2v) is 17.4. The first-order chi connectivity index (χ1) is 21.4. The summed E-state index contributed by atoms with van der Waals surface area (Å²) in [5.74, 6) is 0.219. The maximum Gasteiger partial charge on any atom is 0.213 e. The van der Waals surface area contributed by atoms with E-state index in [9.17, 15) is 4.79 Å². The van der Waals surface area contributed by atoms with E-state index in [2.05, 4.69) is 81.5 Å². The highest BCUT2D eigenvalue weighted by Gasteiger charge is 2.23. The van der Waals surface area contributed by atoms with E-state index in [4.69, 9.17) is 0 Å². The van der Waals surface area contributed by atoms with Crippen molar-refractivity contribution in [1.82, 2.24) is 9.80 Å². The molecule has 0 saturated carbocycles. The Hall–Kier alpha value is -0.0500. The van der Waals surface area contributed by atoms with Crippen molar-refractivity contribution in [1.29, 1.82) is 0 Å². The zero-order chi connectivity index (χ0) is 32.0. The molecular formula is C37H62Br2N2OS2. The van der Waals surface area contributed by atoms with Gasteiger partial charge in [-0.05, 0) is 120 Å². The lowest BCUT2D eigenvalue weighted by Gasteiger charge is -2.23. The van der Waals surface area contributed by atoms with Gasteiger partial charge in [0, 0.05) is 13.1 Å². The minimum Gasteiger partial charge on any atom is -0.303 e. The first kappa shape index (κ1) is 40.1. The predicted octanol–water partition coefficient (Wildman–Crippen LogP) is 12.6. The molecule has 2 rings (SSSR count). The van der Waals surface area contributed by atoms with Gasteiger partial charge in [0.2, 0.25) is 5.78 Å². The van der Waals surface area contributed by atoms with Crippen molar-refractivity contribution in [3.63, 3.8) is 0 Å². The van der Waals surface area contributed by atoms with E-state index in [0.717, 1.165) is 43.3 Å². The molecule has 0 fully saturated rings. The van der Waals surface area contributed by atoms with Crippen LogP contribution in [0.1, 0.15) is 156 Å². The zero-order valence-electron chi connectivity index (χ0n) is 28.5. The van der Waals surface area contributed by atoms with Gasteiger partial charge in [-0.25, -0.2) is 0 Å². The van der Waals surface area contributed by atoms with Crippen LogP contribution in [0.4, 0.5) is 0 Å². The van der Waals surface area contributed by atoms with Crippen LogP contribution in [0.2, 0.25) is 0 Å². The predicted molar refractivity (Wildman–Crippen MR) is 204 cm³/mol. The third kappa shape index (κ3) is 16.2. The normalized spacial score (nSPS) is 11.8. The molecule has 0 aliphatic rings. The second kappa shape index (κ2) is 25.0. The zero-order valence-corrected chi connectivity index (χ0v) is 33.3. The van der Waals surface area contributed by atoms with Crippen molar-refractivity contribution < 1.29 is 4.79 Å². The lowest BCUT2D eigenvalue weighted by molar-refractivity contribution is 0.104. The summed E-state index contributed by atoms with van der Waals surface area (Å²) in [4.78, 5) is 21.3. The van der Waals surface area contributed by atoms with Crippen molar-refractivity contribution in [2.45, 2.75) is 143 Å². The van der Waals surface area contributed by atoms with E-state index in [0.29, 0.717) is 0 Å². The van der Waals surface area contributed by atoms with Crippen LogP contribution in [0.25, 0.3) is 0 Å². The topological polar surface area (TPSA) is 23.6 Å². The Kier molecular flexibility index (Phi) is 22.8. The van der Waals surface area contributed by atoms with Crippen LogP contribution in [-0.4, -0.2) is 54.9 Å². The second-order valence-electron chi connectivity index (χ2n) is 12.6. The Labute approximate surface area is 296 Å². The first-order valence-electron chi connectivity index (χ1n) is 18.0. The number of hydrogen-bond acceptors (Lipinski definition) is 5. The minimum absolute atomic E-state index is 0.219. The molecule has 2 aromatic heterocycles. The molecule has 0 bridgehead atoms. The average Bonchev–Trinajstić information content (AvgIpc) is 3.59. The number of carbonyl (C=O) groups excluding carboxylic acids is 1. The maximum atomic E-state index is 14.1. The maximum absolute atomic E-state index is 14.1. The molecule has 7 heteroatoms. The highest BCUT2D eigenvalue weighted by Crippen LogP contribution is 2.35. The molecule has 0 spiro atoms. The molecule has 0 atom stereocenters. The first-order valence-corrected chi connectivity index (χ1v) is 21.2. The summed E-state index contributed by atoms with van der Waals surface area (Å²) in [6.07, 6.45) is 22.7. The van der Waals surface area contributed by atoms with Crippen molar-refractivity contribution in [2.75, 3.05) is 39.3 Å². The largest absolute Gasteiger partial charge is 0.303 e. The number of carbonyl (C=O) groups is 1. The van der Waals surface area contributed by atoms with Crippen LogP contribution in [0.5, 0.6) is 0 Å². The van der Waals surface area contributed by atoms with Crippen LogP contribution in [-0.2, 0) is 12.8 Å². The summed E-state index contributed by atoms with van der Waals surface area (Å²) in [7, 11) is 0. The van der Waals surface area contributed by atoms with E-state index >= 15 is 0 Å². The van der Waals surface area contributed by atoms with Crippen molar-refractivity contribution in [2.24, 2.45) is 0 Å². The summed E-state index contributed by atoms with van der Waals surface area (Å²) < 4.78 is 2.13. The molecule has 0 radical (unpaired) electrons. The Morgan fingerprint density at radius 2 is 0.841 bits per heavy atom. The van der Waals surface area contributed by atoms with E-state index in [1.54, 1.807) is 22.7 Å². The molecule has 2 aromatic rings. The molecule has 0 aliphatic heterocycles. The van der Waals surface area contributed by atoms with E-state index in [1.165, 1.54) is 140 Å². The number of ketones is 1. The fourth-order valence-corrected chi connectivity index (χ4v) is 9.28. The summed E-state index contributed by atoms with van der Waals surface area (Å²) in [5, 5.41) is 0. The van der Waals surface area contributed by atoms with Crippen LogP contribution in [0.15, 0.2) is 19.7 Å². The van der Waals surface area contributed by atoms with E-state index in [-0.39, 0.29) is 5.78 Å². The molecule has 0 N–H and O–H groups in total. The molecule has 252 valence electrons. The van der Waals surface area contributed by atoms with Gasteiger partial charge in [-0.15, -0.1) is 22.7 Å². The smallest absolute Gasteiger partial charge is 0.213 e. The SMILES string of the molecule is CCCCCCN(CCCCCC)CCc1cc(Br)sc1C(=O)c1sc(Br)cc1CCN(CCCCCC)CCCCCC. The standard InChI is InChI=1S/C37H62Br2N2OS2/c1-5-9-13-17-23-40(24-18-14-10-6-2)27-21-31-29-33(38)43-36(31)35(42)37-32(30-34(39)44-37)22-28-41(25-19-15-11-7-3)26-20-16-12-8-4/h29-30H,5-28H2,1-4H3. The Bertz CT molecular complexity index is 919. The van der Waals surface area contributed by atoms with Gasteiger partial charge < -0.3 is 9.80 Å². The minimum atomic E-state index is 0.219. The van der Waals surface area contributed by atoms with Crippen LogP contribution >= 0.6 is 54.5 Å². The van der Waals surface area contributed by atoms with Crippen LogP contribution in [0, 0.1) is 0 Å². The average molecular weight is 775 g/mol. The lowest BCUT2D eigenvalue weighted by atomic mass is 10.1. The molecule has 44 heavy (non-hydrogen) atoms. The van der Waals surface area contributed by atoms with Crippen LogP contribution < -0.4 is 0 Å². The van der Waals surface area contributed by atoms with Crippen molar-refractivity contribution in [3.05, 3.63) is 40.6 Å². The number of thiophene rings is 2. The van der Waals surface area contributed by atoms with Gasteiger partial charge in [0.1, 0.15) is 0 Å². The summed E-state index contributed by atoms with van der Waals surface area (Å²) in [6, 6.07) is 4.42. The molecule has 3 nitrogen and oxygen atoms in total. The highest BCUT2D eigenvalue weighted by atomic mass is 79.9. The molecule has 0 aromatic carbocycles. The number of hydrogen-bond donors (Lipinski definition) is 0. The number of rotatable bonds is 28. The molecule has 0 saturated heterocycles. The Morgan fingerprint density at radius 3 is 1.14 bits per heavy atom. The van der Waals surface area contributed by atoms with E-state index in [1.807, 2.05) is 0 Å². The third-order valence-corrected chi connectivity index (χ3v) is 12.0. The Balaban J connectivity index is 2.09. The monoisotopic (exact) mass is 772 g/mol. The van der Waals surface area contributed by atoms with Gasteiger partial charge in [0.15, 0.2) is 0 Å². The van der Waals surface area contributed by atoms with Crippen LogP contribution in [0.3, 0.4) is 0 Å².